The first-order chi connectivity index (χ1) is 5.31. The van der Waals surface area contributed by atoms with Crippen LogP contribution in [0.15, 0.2) is 12.7 Å². The van der Waals surface area contributed by atoms with E-state index in [0.717, 1.165) is 13.0 Å². The van der Waals surface area contributed by atoms with E-state index in [-0.39, 0.29) is 6.10 Å². The molecule has 0 bridgehead atoms. The highest BCUT2D eigenvalue weighted by Gasteiger charge is 1.97. The van der Waals surface area contributed by atoms with Crippen LogP contribution < -0.4 is 0 Å². The summed E-state index contributed by atoms with van der Waals surface area (Å²) in [6.45, 7) is 9.79. The second-order valence-electron chi connectivity index (χ2n) is 2.40. The van der Waals surface area contributed by atoms with Gasteiger partial charge in [0, 0.05) is 6.61 Å². The maximum atomic E-state index is 5.39. The Labute approximate surface area is 69.2 Å². The molecule has 0 spiro atoms. The Kier molecular flexibility index (Phi) is 7.52. The van der Waals surface area contributed by atoms with Crippen LogP contribution in [0.2, 0.25) is 0 Å². The molecule has 0 fully saturated rings. The molecule has 1 atom stereocenters. The first-order valence-electron chi connectivity index (χ1n) is 4.11. The van der Waals surface area contributed by atoms with Gasteiger partial charge in [0.05, 0.1) is 19.3 Å². The van der Waals surface area contributed by atoms with Crippen molar-refractivity contribution in [1.29, 1.82) is 0 Å². The van der Waals surface area contributed by atoms with Crippen LogP contribution in [0.4, 0.5) is 0 Å². The summed E-state index contributed by atoms with van der Waals surface area (Å²) in [6, 6.07) is 0. The van der Waals surface area contributed by atoms with Gasteiger partial charge in [-0.15, -0.1) is 6.58 Å². The van der Waals surface area contributed by atoms with Crippen LogP contribution in [0.5, 0.6) is 0 Å². The topological polar surface area (TPSA) is 18.5 Å². The Morgan fingerprint density at radius 3 is 2.73 bits per heavy atom. The van der Waals surface area contributed by atoms with E-state index in [0.29, 0.717) is 13.2 Å². The lowest BCUT2D eigenvalue weighted by molar-refractivity contribution is 0.0168. The smallest absolute Gasteiger partial charge is 0.0704 e. The highest BCUT2D eigenvalue weighted by molar-refractivity contribution is 4.70. The van der Waals surface area contributed by atoms with Gasteiger partial charge in [-0.25, -0.2) is 0 Å². The molecule has 0 saturated carbocycles. The number of rotatable bonds is 7. The Bertz CT molecular complexity index is 91.6. The molecule has 0 N–H and O–H groups in total. The van der Waals surface area contributed by atoms with Gasteiger partial charge in [-0.3, -0.25) is 0 Å². The van der Waals surface area contributed by atoms with E-state index in [1.807, 2.05) is 19.9 Å². The molecule has 0 aromatic rings. The van der Waals surface area contributed by atoms with Crippen LogP contribution in [-0.2, 0) is 9.47 Å². The van der Waals surface area contributed by atoms with Crippen LogP contribution in [0, 0.1) is 0 Å². The van der Waals surface area contributed by atoms with E-state index < -0.39 is 0 Å². The van der Waals surface area contributed by atoms with E-state index in [1.54, 1.807) is 0 Å². The summed E-state index contributed by atoms with van der Waals surface area (Å²) in [7, 11) is 0. The third kappa shape index (κ3) is 7.56. The summed E-state index contributed by atoms with van der Waals surface area (Å²) in [5.74, 6) is 0. The average molecular weight is 158 g/mol. The summed E-state index contributed by atoms with van der Waals surface area (Å²) in [5.41, 5.74) is 0. The summed E-state index contributed by atoms with van der Waals surface area (Å²) in [4.78, 5) is 0. The maximum absolute atomic E-state index is 5.39. The molecule has 0 aromatic carbocycles. The van der Waals surface area contributed by atoms with Crippen LogP contribution in [0.1, 0.15) is 20.3 Å². The van der Waals surface area contributed by atoms with Crippen molar-refractivity contribution >= 4 is 0 Å². The van der Waals surface area contributed by atoms with E-state index in [9.17, 15) is 0 Å². The highest BCUT2D eigenvalue weighted by atomic mass is 16.5. The molecule has 0 saturated heterocycles. The van der Waals surface area contributed by atoms with Crippen molar-refractivity contribution in [2.75, 3.05) is 19.8 Å². The lowest BCUT2D eigenvalue weighted by atomic mass is 10.3. The van der Waals surface area contributed by atoms with Gasteiger partial charge in [-0.05, 0) is 20.3 Å². The van der Waals surface area contributed by atoms with E-state index in [2.05, 4.69) is 6.58 Å². The fourth-order valence-corrected chi connectivity index (χ4v) is 0.755. The molecule has 0 heterocycles. The monoisotopic (exact) mass is 158 g/mol. The first kappa shape index (κ1) is 10.7. The Morgan fingerprint density at radius 1 is 1.45 bits per heavy atom. The van der Waals surface area contributed by atoms with Crippen molar-refractivity contribution in [1.82, 2.24) is 0 Å². The molecule has 0 aliphatic rings. The summed E-state index contributed by atoms with van der Waals surface area (Å²) >= 11 is 0. The van der Waals surface area contributed by atoms with Crippen molar-refractivity contribution < 1.29 is 9.47 Å². The first-order valence-corrected chi connectivity index (χ1v) is 4.11. The zero-order valence-electron chi connectivity index (χ0n) is 7.51. The Balaban J connectivity index is 3.03. The SMILES string of the molecule is C=CCC(C)OCCOCC. The average Bonchev–Trinajstić information content (AvgIpc) is 1.99. The molecule has 1 unspecified atom stereocenters. The molecular weight excluding hydrogens is 140 g/mol. The second-order valence-corrected chi connectivity index (χ2v) is 2.40. The van der Waals surface area contributed by atoms with Crippen LogP contribution in [-0.4, -0.2) is 25.9 Å². The largest absolute Gasteiger partial charge is 0.379 e. The molecule has 0 amide bonds. The van der Waals surface area contributed by atoms with Crippen LogP contribution in [0.3, 0.4) is 0 Å². The molecule has 0 rings (SSSR count). The van der Waals surface area contributed by atoms with Crippen molar-refractivity contribution in [3.63, 3.8) is 0 Å². The third-order valence-electron chi connectivity index (χ3n) is 1.33. The van der Waals surface area contributed by atoms with Crippen molar-refractivity contribution in [3.05, 3.63) is 12.7 Å². The van der Waals surface area contributed by atoms with Gasteiger partial charge in [-0.1, -0.05) is 6.08 Å². The molecule has 0 aliphatic carbocycles. The number of hydrogen-bond acceptors (Lipinski definition) is 2. The fourth-order valence-electron chi connectivity index (χ4n) is 0.755. The van der Waals surface area contributed by atoms with Crippen LogP contribution >= 0.6 is 0 Å². The molecule has 2 heteroatoms. The predicted molar refractivity (Wildman–Crippen MR) is 46.7 cm³/mol. The Morgan fingerprint density at radius 2 is 2.18 bits per heavy atom. The molecule has 0 aromatic heterocycles. The van der Waals surface area contributed by atoms with E-state index >= 15 is 0 Å². The van der Waals surface area contributed by atoms with Gasteiger partial charge in [0.15, 0.2) is 0 Å². The zero-order chi connectivity index (χ0) is 8.53. The molecule has 2 nitrogen and oxygen atoms in total. The molecule has 0 radical (unpaired) electrons. The number of ether oxygens (including phenoxy) is 2. The lowest BCUT2D eigenvalue weighted by Gasteiger charge is -2.09. The minimum Gasteiger partial charge on any atom is -0.379 e. The molecule has 0 aliphatic heterocycles. The summed E-state index contributed by atoms with van der Waals surface area (Å²) in [6.07, 6.45) is 3.05. The summed E-state index contributed by atoms with van der Waals surface area (Å²) < 4.78 is 10.5. The standard InChI is InChI=1S/C9H18O2/c1-4-6-9(3)11-8-7-10-5-2/h4,9H,1,5-8H2,2-3H3. The van der Waals surface area contributed by atoms with E-state index in [1.165, 1.54) is 0 Å². The van der Waals surface area contributed by atoms with Gasteiger partial charge in [0.2, 0.25) is 0 Å². The molecule has 66 valence electrons. The summed E-state index contributed by atoms with van der Waals surface area (Å²) in [5, 5.41) is 0. The third-order valence-corrected chi connectivity index (χ3v) is 1.33. The molecule has 11 heavy (non-hydrogen) atoms. The van der Waals surface area contributed by atoms with Crippen molar-refractivity contribution in [2.24, 2.45) is 0 Å². The second kappa shape index (κ2) is 7.76. The van der Waals surface area contributed by atoms with Gasteiger partial charge >= 0.3 is 0 Å². The quantitative estimate of drug-likeness (QED) is 0.417. The van der Waals surface area contributed by atoms with Gasteiger partial charge < -0.3 is 9.47 Å². The minimum atomic E-state index is 0.271. The molecular formula is C9H18O2. The normalized spacial score (nSPS) is 12.9. The fraction of sp³-hybridized carbons (Fsp3) is 0.778. The number of hydrogen-bond donors (Lipinski definition) is 0. The highest BCUT2D eigenvalue weighted by Crippen LogP contribution is 1.96. The van der Waals surface area contributed by atoms with Crippen LogP contribution in [0.25, 0.3) is 0 Å². The van der Waals surface area contributed by atoms with E-state index in [4.69, 9.17) is 9.47 Å². The van der Waals surface area contributed by atoms with Crippen molar-refractivity contribution in [3.8, 4) is 0 Å². The van der Waals surface area contributed by atoms with Gasteiger partial charge in [0.25, 0.3) is 0 Å². The predicted octanol–water partition coefficient (Wildman–Crippen LogP) is 2.00. The lowest BCUT2D eigenvalue weighted by Crippen LogP contribution is -2.11. The van der Waals surface area contributed by atoms with Gasteiger partial charge in [-0.2, -0.15) is 0 Å². The minimum absolute atomic E-state index is 0.271. The van der Waals surface area contributed by atoms with Gasteiger partial charge in [0.1, 0.15) is 0 Å². The Hall–Kier alpha value is -0.340. The zero-order valence-corrected chi connectivity index (χ0v) is 7.51. The van der Waals surface area contributed by atoms with Crippen molar-refractivity contribution in [2.45, 2.75) is 26.4 Å². The maximum Gasteiger partial charge on any atom is 0.0704 e.